The van der Waals surface area contributed by atoms with Crippen molar-refractivity contribution in [3.8, 4) is 11.1 Å². The molecule has 0 amide bonds. The summed E-state index contributed by atoms with van der Waals surface area (Å²) in [7, 11) is 0. The fourth-order valence-corrected chi connectivity index (χ4v) is 1.94. The fraction of sp³-hybridized carbons (Fsp3) is 0. The number of rotatable bonds is 3. The lowest BCUT2D eigenvalue weighted by Gasteiger charge is -2.02. The molecule has 3 rings (SSSR count). The first-order valence-corrected chi connectivity index (χ1v) is 5.98. The third kappa shape index (κ3) is 2.28. The zero-order valence-corrected chi connectivity index (χ0v) is 9.93. The molecule has 0 saturated heterocycles. The van der Waals surface area contributed by atoms with Gasteiger partial charge in [-0.15, -0.1) is 0 Å². The highest BCUT2D eigenvalue weighted by Gasteiger charge is 2.01. The Hall–Kier alpha value is -2.48. The molecule has 0 aliphatic rings. The highest BCUT2D eigenvalue weighted by atomic mass is 15.0. The normalized spacial score (nSPS) is 10.2. The number of aromatic nitrogens is 1. The van der Waals surface area contributed by atoms with Crippen LogP contribution in [0.2, 0.25) is 0 Å². The van der Waals surface area contributed by atoms with E-state index < -0.39 is 0 Å². The van der Waals surface area contributed by atoms with Crippen LogP contribution in [-0.2, 0) is 0 Å². The summed E-state index contributed by atoms with van der Waals surface area (Å²) in [4.78, 5) is 3.24. The van der Waals surface area contributed by atoms with E-state index in [2.05, 4.69) is 28.5 Å². The van der Waals surface area contributed by atoms with Crippen LogP contribution in [-0.4, -0.2) is 4.98 Å². The van der Waals surface area contributed by atoms with E-state index in [1.54, 1.807) is 0 Å². The number of H-pyrrole nitrogens is 1. The van der Waals surface area contributed by atoms with Crippen molar-refractivity contribution in [2.45, 2.75) is 0 Å². The minimum absolute atomic E-state index is 1.00. The summed E-state index contributed by atoms with van der Waals surface area (Å²) in [5, 5.41) is 3.34. The second-order valence-electron chi connectivity index (χ2n) is 4.16. The van der Waals surface area contributed by atoms with Crippen molar-refractivity contribution in [3.63, 3.8) is 0 Å². The Morgan fingerprint density at radius 3 is 2.11 bits per heavy atom. The third-order valence-corrected chi connectivity index (χ3v) is 2.84. The lowest BCUT2D eigenvalue weighted by molar-refractivity contribution is 1.38. The summed E-state index contributed by atoms with van der Waals surface area (Å²) >= 11 is 0. The maximum absolute atomic E-state index is 3.34. The van der Waals surface area contributed by atoms with Gasteiger partial charge in [0.25, 0.3) is 0 Å². The molecule has 0 saturated carbocycles. The number of hydrogen-bond donors (Lipinski definition) is 2. The van der Waals surface area contributed by atoms with Gasteiger partial charge in [0.1, 0.15) is 5.82 Å². The minimum Gasteiger partial charge on any atom is -0.348 e. The molecule has 0 fully saturated rings. The molecule has 0 spiro atoms. The molecule has 0 aliphatic carbocycles. The predicted molar refractivity (Wildman–Crippen MR) is 76.0 cm³/mol. The van der Waals surface area contributed by atoms with Crippen LogP contribution in [0.15, 0.2) is 72.9 Å². The Morgan fingerprint density at radius 2 is 1.39 bits per heavy atom. The van der Waals surface area contributed by atoms with Gasteiger partial charge >= 0.3 is 0 Å². The zero-order valence-electron chi connectivity index (χ0n) is 9.93. The second kappa shape index (κ2) is 4.80. The topological polar surface area (TPSA) is 27.8 Å². The molecule has 0 radical (unpaired) electrons. The van der Waals surface area contributed by atoms with Crippen LogP contribution >= 0.6 is 0 Å². The van der Waals surface area contributed by atoms with E-state index in [0.717, 1.165) is 11.5 Å². The van der Waals surface area contributed by atoms with E-state index in [-0.39, 0.29) is 0 Å². The molecule has 2 heteroatoms. The van der Waals surface area contributed by atoms with Crippen LogP contribution in [0.25, 0.3) is 11.1 Å². The Morgan fingerprint density at radius 1 is 0.722 bits per heavy atom. The molecular weight excluding hydrogens is 220 g/mol. The third-order valence-electron chi connectivity index (χ3n) is 2.84. The SMILES string of the molecule is c1ccc(Nc2cc(-c3ccccc3)c[nH]2)cc1. The number of nitrogens with one attached hydrogen (secondary N) is 2. The number of benzene rings is 2. The van der Waals surface area contributed by atoms with E-state index in [0.29, 0.717) is 0 Å². The molecule has 0 atom stereocenters. The fourth-order valence-electron chi connectivity index (χ4n) is 1.94. The molecule has 2 N–H and O–H groups in total. The summed E-state index contributed by atoms with van der Waals surface area (Å²) in [6, 6.07) is 22.6. The maximum Gasteiger partial charge on any atom is 0.108 e. The minimum atomic E-state index is 1.00. The molecule has 88 valence electrons. The number of anilines is 2. The van der Waals surface area contributed by atoms with Crippen molar-refractivity contribution in [1.82, 2.24) is 4.98 Å². The van der Waals surface area contributed by atoms with Gasteiger partial charge < -0.3 is 10.3 Å². The lowest BCUT2D eigenvalue weighted by atomic mass is 10.1. The molecular formula is C16H14N2. The van der Waals surface area contributed by atoms with E-state index in [1.807, 2.05) is 54.7 Å². The van der Waals surface area contributed by atoms with Gasteiger partial charge in [0, 0.05) is 17.4 Å². The Kier molecular flexibility index (Phi) is 2.84. The van der Waals surface area contributed by atoms with Crippen LogP contribution in [0.1, 0.15) is 0 Å². The predicted octanol–water partition coefficient (Wildman–Crippen LogP) is 4.43. The highest BCUT2D eigenvalue weighted by molar-refractivity contribution is 5.69. The molecule has 0 bridgehead atoms. The number of hydrogen-bond acceptors (Lipinski definition) is 1. The van der Waals surface area contributed by atoms with E-state index >= 15 is 0 Å². The van der Waals surface area contributed by atoms with Crippen molar-refractivity contribution >= 4 is 11.5 Å². The largest absolute Gasteiger partial charge is 0.348 e. The highest BCUT2D eigenvalue weighted by Crippen LogP contribution is 2.23. The summed E-state index contributed by atoms with van der Waals surface area (Å²) in [5.74, 6) is 1.00. The average Bonchev–Trinajstić information content (AvgIpc) is 2.89. The van der Waals surface area contributed by atoms with Crippen LogP contribution < -0.4 is 5.32 Å². The Balaban J connectivity index is 1.82. The van der Waals surface area contributed by atoms with E-state index in [9.17, 15) is 0 Å². The Bertz CT molecular complexity index is 612. The number of para-hydroxylation sites is 1. The van der Waals surface area contributed by atoms with Crippen LogP contribution in [0.3, 0.4) is 0 Å². The maximum atomic E-state index is 3.34. The molecule has 2 aromatic carbocycles. The van der Waals surface area contributed by atoms with Crippen molar-refractivity contribution in [3.05, 3.63) is 72.9 Å². The van der Waals surface area contributed by atoms with Crippen LogP contribution in [0, 0.1) is 0 Å². The first kappa shape index (κ1) is 10.7. The quantitative estimate of drug-likeness (QED) is 0.689. The van der Waals surface area contributed by atoms with Gasteiger partial charge in [-0.25, -0.2) is 0 Å². The van der Waals surface area contributed by atoms with Crippen LogP contribution in [0.5, 0.6) is 0 Å². The monoisotopic (exact) mass is 234 g/mol. The first-order valence-electron chi connectivity index (χ1n) is 5.98. The molecule has 0 aliphatic heterocycles. The zero-order chi connectivity index (χ0) is 12.2. The average molecular weight is 234 g/mol. The summed E-state index contributed by atoms with van der Waals surface area (Å²) in [5.41, 5.74) is 3.49. The number of aromatic amines is 1. The van der Waals surface area contributed by atoms with Gasteiger partial charge in [-0.05, 0) is 23.8 Å². The van der Waals surface area contributed by atoms with Crippen molar-refractivity contribution in [2.24, 2.45) is 0 Å². The molecule has 18 heavy (non-hydrogen) atoms. The summed E-state index contributed by atoms with van der Waals surface area (Å²) < 4.78 is 0. The standard InChI is InChI=1S/C16H14N2/c1-3-7-13(8-4-1)14-11-16(17-12-14)18-15-9-5-2-6-10-15/h1-12,17-18H. The van der Waals surface area contributed by atoms with Gasteiger partial charge in [0.2, 0.25) is 0 Å². The van der Waals surface area contributed by atoms with Gasteiger partial charge in [0.05, 0.1) is 0 Å². The second-order valence-corrected chi connectivity index (χ2v) is 4.16. The van der Waals surface area contributed by atoms with Gasteiger partial charge in [0.15, 0.2) is 0 Å². The Labute approximate surface area is 106 Å². The summed E-state index contributed by atoms with van der Waals surface area (Å²) in [6.45, 7) is 0. The van der Waals surface area contributed by atoms with E-state index in [4.69, 9.17) is 0 Å². The van der Waals surface area contributed by atoms with Gasteiger partial charge in [-0.2, -0.15) is 0 Å². The smallest absolute Gasteiger partial charge is 0.108 e. The van der Waals surface area contributed by atoms with Crippen molar-refractivity contribution < 1.29 is 0 Å². The van der Waals surface area contributed by atoms with Crippen LogP contribution in [0.4, 0.5) is 11.5 Å². The molecule has 3 aromatic rings. The van der Waals surface area contributed by atoms with Crippen molar-refractivity contribution in [1.29, 1.82) is 0 Å². The van der Waals surface area contributed by atoms with E-state index in [1.165, 1.54) is 11.1 Å². The molecule has 1 heterocycles. The lowest BCUT2D eigenvalue weighted by Crippen LogP contribution is -1.88. The van der Waals surface area contributed by atoms with Crippen molar-refractivity contribution in [2.75, 3.05) is 5.32 Å². The first-order chi connectivity index (χ1) is 8.92. The van der Waals surface area contributed by atoms with Gasteiger partial charge in [-0.1, -0.05) is 48.5 Å². The van der Waals surface area contributed by atoms with Gasteiger partial charge in [-0.3, -0.25) is 0 Å². The molecule has 1 aromatic heterocycles. The molecule has 2 nitrogen and oxygen atoms in total. The molecule has 0 unspecified atom stereocenters. The summed E-state index contributed by atoms with van der Waals surface area (Å²) in [6.07, 6.45) is 2.01.